The molecule has 0 radical (unpaired) electrons. The van der Waals surface area contributed by atoms with Gasteiger partial charge in [0.05, 0.1) is 28.2 Å². The Morgan fingerprint density at radius 2 is 2.19 bits per heavy atom. The summed E-state index contributed by atoms with van der Waals surface area (Å²) in [5, 5.41) is 15.3. The zero-order chi connectivity index (χ0) is 14.8. The van der Waals surface area contributed by atoms with E-state index in [1.165, 1.54) is 0 Å². The van der Waals surface area contributed by atoms with Gasteiger partial charge in [-0.3, -0.25) is 4.79 Å². The number of anilines is 1. The Balaban J connectivity index is 1.67. The molecule has 6 heteroatoms. The van der Waals surface area contributed by atoms with Gasteiger partial charge in [-0.1, -0.05) is 12.1 Å². The van der Waals surface area contributed by atoms with Gasteiger partial charge in [-0.15, -0.1) is 11.3 Å². The van der Waals surface area contributed by atoms with E-state index in [0.717, 1.165) is 21.8 Å². The molecule has 1 aromatic carbocycles. The summed E-state index contributed by atoms with van der Waals surface area (Å²) < 4.78 is 0. The second-order valence-corrected chi connectivity index (χ2v) is 6.04. The molecular formula is C15H17N3O2S. The average molecular weight is 303 g/mol. The highest BCUT2D eigenvalue weighted by Gasteiger charge is 2.27. The zero-order valence-corrected chi connectivity index (χ0v) is 12.5. The topological polar surface area (TPSA) is 74.2 Å². The van der Waals surface area contributed by atoms with Crippen molar-refractivity contribution in [2.75, 3.05) is 11.9 Å². The van der Waals surface area contributed by atoms with Crippen molar-refractivity contribution in [3.63, 3.8) is 0 Å². The van der Waals surface area contributed by atoms with E-state index < -0.39 is 6.10 Å². The van der Waals surface area contributed by atoms with Gasteiger partial charge in [0.25, 0.3) is 0 Å². The first kappa shape index (κ1) is 14.2. The summed E-state index contributed by atoms with van der Waals surface area (Å²) in [4.78, 5) is 17.4. The van der Waals surface area contributed by atoms with Crippen molar-refractivity contribution in [2.45, 2.75) is 25.5 Å². The first-order valence-corrected chi connectivity index (χ1v) is 7.74. The van der Waals surface area contributed by atoms with Crippen molar-refractivity contribution in [2.24, 2.45) is 0 Å². The van der Waals surface area contributed by atoms with Gasteiger partial charge < -0.3 is 15.7 Å². The fraction of sp³-hybridized carbons (Fsp3) is 0.333. The summed E-state index contributed by atoms with van der Waals surface area (Å²) in [6, 6.07) is 7.42. The number of hydrogen-bond acceptors (Lipinski definition) is 5. The van der Waals surface area contributed by atoms with Gasteiger partial charge in [-0.2, -0.15) is 0 Å². The van der Waals surface area contributed by atoms with Crippen LogP contribution in [-0.4, -0.2) is 34.7 Å². The molecule has 2 aromatic rings. The van der Waals surface area contributed by atoms with Crippen LogP contribution in [0.5, 0.6) is 0 Å². The molecule has 0 saturated carbocycles. The normalized spacial score (nSPS) is 21.4. The third-order valence-electron chi connectivity index (χ3n) is 3.58. The quantitative estimate of drug-likeness (QED) is 0.808. The molecule has 2 heterocycles. The third-order valence-corrected chi connectivity index (χ3v) is 4.56. The maximum atomic E-state index is 12.0. The summed E-state index contributed by atoms with van der Waals surface area (Å²) >= 11 is 1.61. The van der Waals surface area contributed by atoms with Crippen LogP contribution in [0.1, 0.15) is 12.1 Å². The number of thiazole rings is 1. The molecule has 1 aromatic heterocycles. The number of rotatable bonds is 3. The minimum Gasteiger partial charge on any atom is -0.392 e. The number of β-amino-alcohol motifs (C(OH)–C–C–N with tert-alkyl or cyclic N) is 1. The number of benzene rings is 1. The number of hydrogen-bond donors (Lipinski definition) is 3. The van der Waals surface area contributed by atoms with Crippen LogP contribution in [0.15, 0.2) is 29.8 Å². The number of aryl methyl sites for hydroxylation is 1. The smallest absolute Gasteiger partial charge is 0.241 e. The summed E-state index contributed by atoms with van der Waals surface area (Å²) in [7, 11) is 0. The number of amides is 1. The fourth-order valence-corrected chi connectivity index (χ4v) is 3.24. The van der Waals surface area contributed by atoms with Crippen molar-refractivity contribution in [1.82, 2.24) is 10.3 Å². The van der Waals surface area contributed by atoms with E-state index in [2.05, 4.69) is 15.6 Å². The highest BCUT2D eigenvalue weighted by molar-refractivity contribution is 7.13. The summed E-state index contributed by atoms with van der Waals surface area (Å²) in [6.45, 7) is 2.46. The molecule has 2 atom stereocenters. The molecule has 3 N–H and O–H groups in total. The Morgan fingerprint density at radius 1 is 1.43 bits per heavy atom. The number of carbonyl (C=O) groups is 1. The number of aliphatic hydroxyl groups excluding tert-OH is 1. The summed E-state index contributed by atoms with van der Waals surface area (Å²) in [6.07, 6.45) is 0.0293. The molecule has 0 aliphatic carbocycles. The van der Waals surface area contributed by atoms with E-state index in [1.54, 1.807) is 11.3 Å². The van der Waals surface area contributed by atoms with Crippen molar-refractivity contribution in [3.05, 3.63) is 35.5 Å². The van der Waals surface area contributed by atoms with E-state index in [9.17, 15) is 9.90 Å². The largest absolute Gasteiger partial charge is 0.392 e. The molecule has 1 aliphatic heterocycles. The van der Waals surface area contributed by atoms with Gasteiger partial charge in [0.2, 0.25) is 5.91 Å². The van der Waals surface area contributed by atoms with Crippen molar-refractivity contribution >= 4 is 22.9 Å². The number of carbonyl (C=O) groups excluding carboxylic acids is 1. The Hall–Kier alpha value is -1.76. The predicted octanol–water partition coefficient (Wildman–Crippen LogP) is 1.78. The van der Waals surface area contributed by atoms with E-state index >= 15 is 0 Å². The molecule has 0 bridgehead atoms. The Kier molecular flexibility index (Phi) is 4.01. The molecule has 1 amide bonds. The minimum atomic E-state index is -0.433. The Morgan fingerprint density at radius 3 is 2.76 bits per heavy atom. The van der Waals surface area contributed by atoms with Gasteiger partial charge in [0.15, 0.2) is 0 Å². The molecule has 1 saturated heterocycles. The van der Waals surface area contributed by atoms with Crippen LogP contribution >= 0.6 is 11.3 Å². The van der Waals surface area contributed by atoms with Crippen molar-refractivity contribution < 1.29 is 9.90 Å². The molecular weight excluding hydrogens is 286 g/mol. The second kappa shape index (κ2) is 5.93. The number of nitrogens with zero attached hydrogens (tertiary/aromatic N) is 1. The van der Waals surface area contributed by atoms with E-state index in [1.807, 2.05) is 36.7 Å². The SMILES string of the molecule is Cc1ncsc1-c1ccc(NC(=O)C2CC(O)CN2)cc1. The minimum absolute atomic E-state index is 0.103. The fourth-order valence-electron chi connectivity index (χ4n) is 2.43. The molecule has 5 nitrogen and oxygen atoms in total. The molecule has 0 spiro atoms. The molecule has 21 heavy (non-hydrogen) atoms. The van der Waals surface area contributed by atoms with Gasteiger partial charge in [-0.25, -0.2) is 4.98 Å². The Labute approximate surface area is 127 Å². The third kappa shape index (κ3) is 3.12. The van der Waals surface area contributed by atoms with E-state index in [-0.39, 0.29) is 11.9 Å². The highest BCUT2D eigenvalue weighted by atomic mass is 32.1. The second-order valence-electron chi connectivity index (χ2n) is 5.18. The number of aromatic nitrogens is 1. The van der Waals surface area contributed by atoms with Gasteiger partial charge >= 0.3 is 0 Å². The lowest BCUT2D eigenvalue weighted by Crippen LogP contribution is -2.35. The monoisotopic (exact) mass is 303 g/mol. The zero-order valence-electron chi connectivity index (χ0n) is 11.7. The molecule has 1 aliphatic rings. The van der Waals surface area contributed by atoms with Crippen molar-refractivity contribution in [3.8, 4) is 10.4 Å². The lowest BCUT2D eigenvalue weighted by molar-refractivity contribution is -0.117. The highest BCUT2D eigenvalue weighted by Crippen LogP contribution is 2.28. The maximum Gasteiger partial charge on any atom is 0.241 e. The first-order chi connectivity index (χ1) is 10.1. The van der Waals surface area contributed by atoms with Crippen LogP contribution in [0.4, 0.5) is 5.69 Å². The van der Waals surface area contributed by atoms with Crippen LogP contribution in [0.25, 0.3) is 10.4 Å². The first-order valence-electron chi connectivity index (χ1n) is 6.86. The lowest BCUT2D eigenvalue weighted by atomic mass is 10.1. The number of aliphatic hydroxyl groups is 1. The van der Waals surface area contributed by atoms with Crippen LogP contribution in [0.2, 0.25) is 0 Å². The van der Waals surface area contributed by atoms with E-state index in [4.69, 9.17) is 0 Å². The van der Waals surface area contributed by atoms with Crippen LogP contribution < -0.4 is 10.6 Å². The molecule has 110 valence electrons. The predicted molar refractivity (Wildman–Crippen MR) is 83.3 cm³/mol. The summed E-state index contributed by atoms with van der Waals surface area (Å²) in [5.74, 6) is -0.103. The van der Waals surface area contributed by atoms with E-state index in [0.29, 0.717) is 13.0 Å². The maximum absolute atomic E-state index is 12.0. The van der Waals surface area contributed by atoms with Gasteiger partial charge in [0.1, 0.15) is 0 Å². The van der Waals surface area contributed by atoms with Gasteiger partial charge in [0, 0.05) is 12.2 Å². The van der Waals surface area contributed by atoms with Gasteiger partial charge in [-0.05, 0) is 31.0 Å². The standard InChI is InChI=1S/C15H17N3O2S/c1-9-14(21-8-17-9)10-2-4-11(5-3-10)18-15(20)13-6-12(19)7-16-13/h2-5,8,12-13,16,19H,6-7H2,1H3,(H,18,20). The number of nitrogens with one attached hydrogen (secondary N) is 2. The lowest BCUT2D eigenvalue weighted by Gasteiger charge is -2.11. The van der Waals surface area contributed by atoms with Crippen LogP contribution in [0.3, 0.4) is 0 Å². The molecule has 2 unspecified atom stereocenters. The van der Waals surface area contributed by atoms with Crippen LogP contribution in [-0.2, 0) is 4.79 Å². The van der Waals surface area contributed by atoms with Crippen molar-refractivity contribution in [1.29, 1.82) is 0 Å². The molecule has 1 fully saturated rings. The molecule has 3 rings (SSSR count). The summed E-state index contributed by atoms with van der Waals surface area (Å²) in [5.41, 5.74) is 4.70. The van der Waals surface area contributed by atoms with Crippen LogP contribution in [0, 0.1) is 6.92 Å². The Bertz CT molecular complexity index is 639. The average Bonchev–Trinajstić information content (AvgIpc) is 3.08.